The van der Waals surface area contributed by atoms with Gasteiger partial charge in [0.15, 0.2) is 0 Å². The predicted molar refractivity (Wildman–Crippen MR) is 60.4 cm³/mol. The average Bonchev–Trinajstić information content (AvgIpc) is 2.40. The van der Waals surface area contributed by atoms with Gasteiger partial charge < -0.3 is 0 Å². The highest BCUT2D eigenvalue weighted by atomic mass is 35.5. The number of sulfonamides is 1. The van der Waals surface area contributed by atoms with Crippen molar-refractivity contribution in [3.05, 3.63) is 28.8 Å². The maximum atomic E-state index is 12.0. The van der Waals surface area contributed by atoms with Crippen LogP contribution in [-0.4, -0.2) is 31.0 Å². The predicted octanol–water partition coefficient (Wildman–Crippen LogP) is 1.07. The molecule has 1 amide bonds. The van der Waals surface area contributed by atoms with Crippen LogP contribution in [0, 0.1) is 0 Å². The van der Waals surface area contributed by atoms with Crippen LogP contribution in [0.2, 0.25) is 5.02 Å². The minimum Gasteiger partial charge on any atom is -0.298 e. The Hall–Kier alpha value is -1.40. The molecule has 0 bridgehead atoms. The van der Waals surface area contributed by atoms with Crippen molar-refractivity contribution in [2.24, 2.45) is 0 Å². The van der Waals surface area contributed by atoms with Crippen molar-refractivity contribution in [1.29, 1.82) is 0 Å². The molecule has 0 aromatic heterocycles. The van der Waals surface area contributed by atoms with Gasteiger partial charge in [-0.1, -0.05) is 11.6 Å². The molecule has 0 unspecified atom stereocenters. The van der Waals surface area contributed by atoms with E-state index in [1.54, 1.807) is 0 Å². The lowest BCUT2D eigenvalue weighted by Gasteiger charge is -2.12. The minimum absolute atomic E-state index is 0.0515. The number of hydrogen-bond donors (Lipinski definition) is 0. The molecule has 1 aliphatic rings. The molecule has 1 aliphatic heterocycles. The molecule has 5 nitrogen and oxygen atoms in total. The Morgan fingerprint density at radius 1 is 1.41 bits per heavy atom. The number of fused-ring (bicyclic) bond motifs is 1. The zero-order chi connectivity index (χ0) is 12.8. The summed E-state index contributed by atoms with van der Waals surface area (Å²) in [7, 11) is -3.93. The third-order valence-electron chi connectivity index (χ3n) is 2.33. The summed E-state index contributed by atoms with van der Waals surface area (Å²) in [6.45, 7) is 0.770. The molecule has 0 saturated heterocycles. The molecule has 0 spiro atoms. The van der Waals surface area contributed by atoms with Crippen molar-refractivity contribution in [2.75, 3.05) is 6.54 Å². The number of carbonyl (C=O) groups excluding carboxylic acids is 2. The summed E-state index contributed by atoms with van der Waals surface area (Å²) in [6, 6.07) is 3.99. The second kappa shape index (κ2) is 3.82. The number of amides is 1. The summed E-state index contributed by atoms with van der Waals surface area (Å²) in [5.41, 5.74) is 0.0515. The summed E-state index contributed by atoms with van der Waals surface area (Å²) in [5, 5.41) is 0.227. The lowest BCUT2D eigenvalue weighted by molar-refractivity contribution is -0.116. The van der Waals surface area contributed by atoms with E-state index in [4.69, 9.17) is 11.6 Å². The monoisotopic (exact) mass is 273 g/mol. The lowest BCUT2D eigenvalue weighted by Crippen LogP contribution is -2.34. The molecule has 90 valence electrons. The van der Waals surface area contributed by atoms with Crippen LogP contribution in [0.3, 0.4) is 0 Å². The van der Waals surface area contributed by atoms with Gasteiger partial charge in [-0.2, -0.15) is 0 Å². The molecular formula is C10H8ClNO4S. The van der Waals surface area contributed by atoms with Gasteiger partial charge in [0.1, 0.15) is 10.7 Å². The van der Waals surface area contributed by atoms with Crippen LogP contribution in [-0.2, 0) is 14.8 Å². The van der Waals surface area contributed by atoms with Crippen molar-refractivity contribution >= 4 is 33.3 Å². The fourth-order valence-corrected chi connectivity index (χ4v) is 3.46. The summed E-state index contributed by atoms with van der Waals surface area (Å²) in [4.78, 5) is 22.6. The van der Waals surface area contributed by atoms with E-state index in [0.717, 1.165) is 0 Å². The molecule has 0 aliphatic carbocycles. The lowest BCUT2D eigenvalue weighted by atomic mass is 10.2. The van der Waals surface area contributed by atoms with E-state index in [1.807, 2.05) is 0 Å². The summed E-state index contributed by atoms with van der Waals surface area (Å²) in [6.07, 6.45) is 0. The summed E-state index contributed by atoms with van der Waals surface area (Å²) < 4.78 is 24.5. The van der Waals surface area contributed by atoms with E-state index in [1.165, 1.54) is 25.1 Å². The molecule has 0 N–H and O–H groups in total. The van der Waals surface area contributed by atoms with E-state index in [9.17, 15) is 18.0 Å². The first kappa shape index (κ1) is 12.1. The van der Waals surface area contributed by atoms with Gasteiger partial charge in [0, 0.05) is 5.02 Å². The van der Waals surface area contributed by atoms with Gasteiger partial charge in [-0.25, -0.2) is 12.7 Å². The Balaban J connectivity index is 2.61. The molecule has 1 aromatic rings. The highest BCUT2D eigenvalue weighted by molar-refractivity contribution is 7.90. The molecule has 0 atom stereocenters. The van der Waals surface area contributed by atoms with Crippen LogP contribution in [0.5, 0.6) is 0 Å². The average molecular weight is 274 g/mol. The standard InChI is InChI=1S/C10H8ClNO4S/c1-6(13)5-12-10(14)8-3-2-7(11)4-9(8)17(12,15)16/h2-4H,5H2,1H3. The summed E-state index contributed by atoms with van der Waals surface area (Å²) >= 11 is 5.69. The number of ketones is 1. The Morgan fingerprint density at radius 3 is 2.65 bits per heavy atom. The number of Topliss-reactive ketones (excluding diaryl/α,β-unsaturated/α-hetero) is 1. The van der Waals surface area contributed by atoms with Crippen LogP contribution >= 0.6 is 11.6 Å². The first-order valence-corrected chi connectivity index (χ1v) is 6.52. The maximum absolute atomic E-state index is 12.0. The molecule has 7 heteroatoms. The van der Waals surface area contributed by atoms with E-state index in [-0.39, 0.29) is 15.5 Å². The van der Waals surface area contributed by atoms with Gasteiger partial charge in [0.05, 0.1) is 12.1 Å². The largest absolute Gasteiger partial charge is 0.298 e. The van der Waals surface area contributed by atoms with Crippen LogP contribution in [0.4, 0.5) is 0 Å². The highest BCUT2D eigenvalue weighted by Crippen LogP contribution is 2.31. The third kappa shape index (κ3) is 1.83. The van der Waals surface area contributed by atoms with Gasteiger partial charge in [-0.3, -0.25) is 9.59 Å². The van der Waals surface area contributed by atoms with Crippen LogP contribution in [0.25, 0.3) is 0 Å². The summed E-state index contributed by atoms with van der Waals surface area (Å²) in [5.74, 6) is -1.09. The highest BCUT2D eigenvalue weighted by Gasteiger charge is 2.41. The SMILES string of the molecule is CC(=O)CN1C(=O)c2ccc(Cl)cc2S1(=O)=O. The van der Waals surface area contributed by atoms with Crippen molar-refractivity contribution in [3.63, 3.8) is 0 Å². The van der Waals surface area contributed by atoms with Gasteiger partial charge in [0.2, 0.25) is 0 Å². The zero-order valence-electron chi connectivity index (χ0n) is 8.81. The van der Waals surface area contributed by atoms with Crippen LogP contribution < -0.4 is 0 Å². The first-order chi connectivity index (χ1) is 7.84. The molecule has 17 heavy (non-hydrogen) atoms. The van der Waals surface area contributed by atoms with Gasteiger partial charge in [-0.15, -0.1) is 0 Å². The maximum Gasteiger partial charge on any atom is 0.269 e. The fourth-order valence-electron chi connectivity index (χ4n) is 1.61. The quantitative estimate of drug-likeness (QED) is 0.808. The Morgan fingerprint density at radius 2 is 2.06 bits per heavy atom. The molecule has 0 radical (unpaired) electrons. The smallest absolute Gasteiger partial charge is 0.269 e. The number of hydrogen-bond acceptors (Lipinski definition) is 4. The van der Waals surface area contributed by atoms with Crippen LogP contribution in [0.1, 0.15) is 17.3 Å². The van der Waals surface area contributed by atoms with E-state index >= 15 is 0 Å². The van der Waals surface area contributed by atoms with Gasteiger partial charge >= 0.3 is 0 Å². The van der Waals surface area contributed by atoms with Gasteiger partial charge in [0.25, 0.3) is 15.9 Å². The van der Waals surface area contributed by atoms with Crippen molar-refractivity contribution in [1.82, 2.24) is 4.31 Å². The number of carbonyl (C=O) groups is 2. The van der Waals surface area contributed by atoms with Crippen LogP contribution in [0.15, 0.2) is 23.1 Å². The number of nitrogens with zero attached hydrogens (tertiary/aromatic N) is 1. The molecular weight excluding hydrogens is 266 g/mol. The zero-order valence-corrected chi connectivity index (χ0v) is 10.4. The van der Waals surface area contributed by atoms with Gasteiger partial charge in [-0.05, 0) is 25.1 Å². The molecule has 0 saturated carbocycles. The normalized spacial score (nSPS) is 17.1. The second-order valence-corrected chi connectivity index (χ2v) is 5.93. The number of rotatable bonds is 2. The number of benzene rings is 1. The molecule has 1 heterocycles. The Bertz CT molecular complexity index is 623. The molecule has 0 fully saturated rings. The number of halogens is 1. The van der Waals surface area contributed by atoms with E-state index in [0.29, 0.717) is 4.31 Å². The van der Waals surface area contributed by atoms with E-state index < -0.39 is 28.3 Å². The van der Waals surface area contributed by atoms with Crippen molar-refractivity contribution < 1.29 is 18.0 Å². The van der Waals surface area contributed by atoms with Crippen molar-refractivity contribution in [2.45, 2.75) is 11.8 Å². The second-order valence-electron chi connectivity index (χ2n) is 3.66. The third-order valence-corrected chi connectivity index (χ3v) is 4.34. The Kier molecular flexibility index (Phi) is 2.71. The molecule has 2 rings (SSSR count). The first-order valence-electron chi connectivity index (χ1n) is 4.70. The molecule has 1 aromatic carbocycles. The minimum atomic E-state index is -3.93. The van der Waals surface area contributed by atoms with Crippen molar-refractivity contribution in [3.8, 4) is 0 Å². The fraction of sp³-hybridized carbons (Fsp3) is 0.200. The van der Waals surface area contributed by atoms with E-state index in [2.05, 4.69) is 0 Å². The topological polar surface area (TPSA) is 71.5 Å². The Labute approximate surface area is 103 Å².